The van der Waals surface area contributed by atoms with Gasteiger partial charge in [0, 0.05) is 12.0 Å². The molecule has 0 saturated carbocycles. The average Bonchev–Trinajstić information content (AvgIpc) is 2.70. The lowest BCUT2D eigenvalue weighted by Crippen LogP contribution is -2.13. The summed E-state index contributed by atoms with van der Waals surface area (Å²) < 4.78 is 12.9. The third-order valence-corrected chi connectivity index (χ3v) is 3.13. The fourth-order valence-electron chi connectivity index (χ4n) is 2.20. The molecule has 1 atom stereocenters. The molecular formula is C13H16FNO. The fraction of sp³-hybridized carbons (Fsp3) is 0.462. The first-order valence-electron chi connectivity index (χ1n) is 5.67. The van der Waals surface area contributed by atoms with Crippen LogP contribution in [0.4, 0.5) is 4.39 Å². The van der Waals surface area contributed by atoms with Gasteiger partial charge in [0.1, 0.15) is 5.82 Å². The van der Waals surface area contributed by atoms with Gasteiger partial charge in [-0.1, -0.05) is 0 Å². The van der Waals surface area contributed by atoms with Crippen LogP contribution in [0.1, 0.15) is 28.8 Å². The van der Waals surface area contributed by atoms with Crippen LogP contribution in [0.25, 0.3) is 0 Å². The number of aryl methyl sites for hydroxylation is 1. The molecule has 3 heteroatoms. The number of benzene rings is 1. The summed E-state index contributed by atoms with van der Waals surface area (Å²) in [4.78, 5) is 12.0. The summed E-state index contributed by atoms with van der Waals surface area (Å²) in [5.41, 5.74) is 1.39. The topological polar surface area (TPSA) is 29.1 Å². The summed E-state index contributed by atoms with van der Waals surface area (Å²) in [6, 6.07) is 4.36. The lowest BCUT2D eigenvalue weighted by Gasteiger charge is -2.09. The molecule has 0 aliphatic carbocycles. The average molecular weight is 221 g/mol. The number of Topliss-reactive ketones (excluding diaryl/α,β-unsaturated/α-hetero) is 1. The van der Waals surface area contributed by atoms with Gasteiger partial charge in [0.15, 0.2) is 5.78 Å². The van der Waals surface area contributed by atoms with Gasteiger partial charge < -0.3 is 5.32 Å². The number of hydrogen-bond acceptors (Lipinski definition) is 2. The molecule has 0 bridgehead atoms. The molecule has 1 saturated heterocycles. The van der Waals surface area contributed by atoms with E-state index in [1.807, 2.05) is 0 Å². The van der Waals surface area contributed by atoms with Crippen molar-refractivity contribution >= 4 is 5.78 Å². The SMILES string of the molecule is Cc1cc(F)ccc1C(=O)CC1CCNC1. The molecule has 2 nitrogen and oxygen atoms in total. The van der Waals surface area contributed by atoms with Crippen LogP contribution in [0.3, 0.4) is 0 Å². The third kappa shape index (κ3) is 2.47. The van der Waals surface area contributed by atoms with E-state index in [2.05, 4.69) is 5.32 Å². The van der Waals surface area contributed by atoms with E-state index in [9.17, 15) is 9.18 Å². The monoisotopic (exact) mass is 221 g/mol. The predicted octanol–water partition coefficient (Wildman–Crippen LogP) is 2.32. The molecule has 1 unspecified atom stereocenters. The lowest BCUT2D eigenvalue weighted by molar-refractivity contribution is 0.0964. The van der Waals surface area contributed by atoms with E-state index in [-0.39, 0.29) is 11.6 Å². The molecule has 0 amide bonds. The highest BCUT2D eigenvalue weighted by Crippen LogP contribution is 2.18. The molecule has 1 N–H and O–H groups in total. The van der Waals surface area contributed by atoms with Crippen molar-refractivity contribution in [2.24, 2.45) is 5.92 Å². The standard InChI is InChI=1S/C13H16FNO/c1-9-6-11(14)2-3-12(9)13(16)7-10-4-5-15-8-10/h2-3,6,10,15H,4-5,7-8H2,1H3. The first-order valence-corrected chi connectivity index (χ1v) is 5.67. The zero-order valence-corrected chi connectivity index (χ0v) is 9.42. The first kappa shape index (κ1) is 11.3. The fourth-order valence-corrected chi connectivity index (χ4v) is 2.20. The summed E-state index contributed by atoms with van der Waals surface area (Å²) in [6.45, 7) is 3.70. The normalized spacial score (nSPS) is 20.0. The highest BCUT2D eigenvalue weighted by molar-refractivity contribution is 5.97. The summed E-state index contributed by atoms with van der Waals surface area (Å²) >= 11 is 0. The van der Waals surface area contributed by atoms with Gasteiger partial charge in [0.05, 0.1) is 0 Å². The van der Waals surface area contributed by atoms with Crippen molar-refractivity contribution in [3.8, 4) is 0 Å². The van der Waals surface area contributed by atoms with Crippen molar-refractivity contribution in [2.45, 2.75) is 19.8 Å². The quantitative estimate of drug-likeness (QED) is 0.794. The van der Waals surface area contributed by atoms with Crippen molar-refractivity contribution in [1.29, 1.82) is 0 Å². The highest BCUT2D eigenvalue weighted by Gasteiger charge is 2.19. The Bertz CT molecular complexity index is 397. The molecule has 1 heterocycles. The van der Waals surface area contributed by atoms with Crippen LogP contribution < -0.4 is 5.32 Å². The summed E-state index contributed by atoms with van der Waals surface area (Å²) in [7, 11) is 0. The van der Waals surface area contributed by atoms with E-state index in [1.54, 1.807) is 13.0 Å². The second-order valence-corrected chi connectivity index (χ2v) is 4.45. The molecule has 1 aromatic carbocycles. The van der Waals surface area contributed by atoms with E-state index in [1.165, 1.54) is 12.1 Å². The highest BCUT2D eigenvalue weighted by atomic mass is 19.1. The number of halogens is 1. The van der Waals surface area contributed by atoms with Crippen molar-refractivity contribution in [3.05, 3.63) is 35.1 Å². The maximum Gasteiger partial charge on any atom is 0.163 e. The van der Waals surface area contributed by atoms with E-state index < -0.39 is 0 Å². The predicted molar refractivity (Wildman–Crippen MR) is 61.1 cm³/mol. The Kier molecular flexibility index (Phi) is 3.34. The van der Waals surface area contributed by atoms with Gasteiger partial charge in [0.25, 0.3) is 0 Å². The summed E-state index contributed by atoms with van der Waals surface area (Å²) in [6.07, 6.45) is 1.63. The first-order chi connectivity index (χ1) is 7.66. The zero-order chi connectivity index (χ0) is 11.5. The molecule has 0 radical (unpaired) electrons. The Labute approximate surface area is 94.9 Å². The smallest absolute Gasteiger partial charge is 0.163 e. The second kappa shape index (κ2) is 4.74. The number of nitrogens with one attached hydrogen (secondary N) is 1. The van der Waals surface area contributed by atoms with Crippen molar-refractivity contribution in [3.63, 3.8) is 0 Å². The molecule has 1 aromatic rings. The van der Waals surface area contributed by atoms with Crippen LogP contribution in [-0.2, 0) is 0 Å². The van der Waals surface area contributed by atoms with E-state index in [4.69, 9.17) is 0 Å². The molecule has 16 heavy (non-hydrogen) atoms. The van der Waals surface area contributed by atoms with Crippen LogP contribution in [0.5, 0.6) is 0 Å². The van der Waals surface area contributed by atoms with Gasteiger partial charge in [-0.15, -0.1) is 0 Å². The van der Waals surface area contributed by atoms with Gasteiger partial charge in [-0.3, -0.25) is 4.79 Å². The maximum atomic E-state index is 12.9. The minimum atomic E-state index is -0.281. The number of carbonyl (C=O) groups excluding carboxylic acids is 1. The minimum Gasteiger partial charge on any atom is -0.316 e. The van der Waals surface area contributed by atoms with Crippen LogP contribution in [0.2, 0.25) is 0 Å². The van der Waals surface area contributed by atoms with Gasteiger partial charge in [0.2, 0.25) is 0 Å². The number of rotatable bonds is 3. The van der Waals surface area contributed by atoms with Crippen molar-refractivity contribution in [2.75, 3.05) is 13.1 Å². The van der Waals surface area contributed by atoms with E-state index >= 15 is 0 Å². The van der Waals surface area contributed by atoms with Crippen LogP contribution in [0.15, 0.2) is 18.2 Å². The Morgan fingerprint density at radius 1 is 1.56 bits per heavy atom. The van der Waals surface area contributed by atoms with E-state index in [0.717, 1.165) is 25.1 Å². The molecule has 1 aliphatic heterocycles. The third-order valence-electron chi connectivity index (χ3n) is 3.13. The number of carbonyl (C=O) groups is 1. The van der Waals surface area contributed by atoms with Gasteiger partial charge in [-0.25, -0.2) is 4.39 Å². The largest absolute Gasteiger partial charge is 0.316 e. The molecule has 0 aromatic heterocycles. The van der Waals surface area contributed by atoms with Gasteiger partial charge in [-0.05, 0) is 56.1 Å². The zero-order valence-electron chi connectivity index (χ0n) is 9.42. The Balaban J connectivity index is 2.08. The molecule has 0 spiro atoms. The van der Waals surface area contributed by atoms with Crippen molar-refractivity contribution in [1.82, 2.24) is 5.32 Å². The number of hydrogen-bond donors (Lipinski definition) is 1. The van der Waals surface area contributed by atoms with Gasteiger partial charge >= 0.3 is 0 Å². The molecule has 1 fully saturated rings. The van der Waals surface area contributed by atoms with Crippen molar-refractivity contribution < 1.29 is 9.18 Å². The molecule has 2 rings (SSSR count). The molecule has 86 valence electrons. The Hall–Kier alpha value is -1.22. The number of ketones is 1. The van der Waals surface area contributed by atoms with E-state index in [0.29, 0.717) is 17.9 Å². The molecule has 1 aliphatic rings. The van der Waals surface area contributed by atoms with Crippen LogP contribution >= 0.6 is 0 Å². The Morgan fingerprint density at radius 3 is 3.00 bits per heavy atom. The summed E-state index contributed by atoms with van der Waals surface area (Å²) in [5, 5.41) is 3.24. The van der Waals surface area contributed by atoms with Crippen LogP contribution in [0, 0.1) is 18.7 Å². The maximum absolute atomic E-state index is 12.9. The summed E-state index contributed by atoms with van der Waals surface area (Å²) in [5.74, 6) is 0.291. The minimum absolute atomic E-state index is 0.131. The Morgan fingerprint density at radius 2 is 2.38 bits per heavy atom. The lowest BCUT2D eigenvalue weighted by atomic mass is 9.95. The molecular weight excluding hydrogens is 205 g/mol. The van der Waals surface area contributed by atoms with Crippen LogP contribution in [-0.4, -0.2) is 18.9 Å². The van der Waals surface area contributed by atoms with Gasteiger partial charge in [-0.2, -0.15) is 0 Å². The second-order valence-electron chi connectivity index (χ2n) is 4.45.